The largest absolute Gasteiger partial charge is 0.411 e. The molecule has 0 aliphatic rings. The third kappa shape index (κ3) is 4.46. The summed E-state index contributed by atoms with van der Waals surface area (Å²) in [7, 11) is 0. The Morgan fingerprint density at radius 3 is 2.05 bits per heavy atom. The molecule has 1 N–H and O–H groups in total. The molecule has 1 aromatic rings. The highest BCUT2D eigenvalue weighted by atomic mass is 16.4. The first kappa shape index (κ1) is 14.8. The van der Waals surface area contributed by atoms with Gasteiger partial charge in [-0.3, -0.25) is 14.4 Å². The summed E-state index contributed by atoms with van der Waals surface area (Å²) < 4.78 is 0. The minimum atomic E-state index is -0.310. The van der Waals surface area contributed by atoms with Gasteiger partial charge in [-0.25, -0.2) is 0 Å². The lowest BCUT2D eigenvalue weighted by atomic mass is 10.00. The number of hydrogen-bond donors (Lipinski definition) is 1. The highest BCUT2D eigenvalue weighted by Gasteiger charge is 2.12. The summed E-state index contributed by atoms with van der Waals surface area (Å²) in [6.45, 7) is 2.87. The molecule has 19 heavy (non-hydrogen) atoms. The fourth-order valence-electron chi connectivity index (χ4n) is 1.56. The van der Waals surface area contributed by atoms with Crippen LogP contribution >= 0.6 is 0 Å². The molecule has 1 rings (SSSR count). The van der Waals surface area contributed by atoms with Gasteiger partial charge in [0.05, 0.1) is 18.6 Å². The fraction of sp³-hybridized carbons (Fsp3) is 0.286. The number of Topliss-reactive ketones (excluding diaryl/α,β-unsaturated/α-hetero) is 3. The van der Waals surface area contributed by atoms with Crippen molar-refractivity contribution in [2.75, 3.05) is 0 Å². The highest BCUT2D eigenvalue weighted by molar-refractivity contribution is 6.11. The number of carbonyl (C=O) groups is 3. The molecule has 0 aromatic heterocycles. The van der Waals surface area contributed by atoms with Crippen LogP contribution in [0, 0.1) is 0 Å². The van der Waals surface area contributed by atoms with Crippen molar-refractivity contribution in [3.8, 4) is 0 Å². The number of ketones is 3. The lowest BCUT2D eigenvalue weighted by Gasteiger charge is -2.03. The van der Waals surface area contributed by atoms with Gasteiger partial charge >= 0.3 is 0 Å². The normalized spacial score (nSPS) is 11.2. The van der Waals surface area contributed by atoms with E-state index in [1.165, 1.54) is 19.9 Å². The topological polar surface area (TPSA) is 83.8 Å². The van der Waals surface area contributed by atoms with E-state index in [-0.39, 0.29) is 30.2 Å². The number of benzene rings is 1. The smallest absolute Gasteiger partial charge is 0.170 e. The molecule has 0 aliphatic carbocycles. The van der Waals surface area contributed by atoms with Crippen LogP contribution in [0.3, 0.4) is 0 Å². The molecular weight excluding hydrogens is 246 g/mol. The Balaban J connectivity index is 2.91. The van der Waals surface area contributed by atoms with Crippen LogP contribution in [0.25, 0.3) is 0 Å². The molecule has 1 aromatic carbocycles. The van der Waals surface area contributed by atoms with Gasteiger partial charge < -0.3 is 5.21 Å². The predicted octanol–water partition coefficient (Wildman–Crippen LogP) is 2.27. The number of hydrogen-bond acceptors (Lipinski definition) is 5. The Hall–Kier alpha value is -2.30. The van der Waals surface area contributed by atoms with E-state index in [1.807, 2.05) is 0 Å². The maximum Gasteiger partial charge on any atom is 0.170 e. The second-order valence-electron chi connectivity index (χ2n) is 4.32. The molecular formula is C14H15NO4. The zero-order chi connectivity index (χ0) is 14.4. The lowest BCUT2D eigenvalue weighted by Crippen LogP contribution is -2.09. The van der Waals surface area contributed by atoms with Gasteiger partial charge in [-0.1, -0.05) is 23.4 Å². The third-order valence-corrected chi connectivity index (χ3v) is 2.50. The van der Waals surface area contributed by atoms with E-state index in [1.54, 1.807) is 18.2 Å². The number of oxime groups is 1. The van der Waals surface area contributed by atoms with Gasteiger partial charge in [0.15, 0.2) is 11.6 Å². The second kappa shape index (κ2) is 6.58. The van der Waals surface area contributed by atoms with Gasteiger partial charge in [-0.05, 0) is 19.9 Å². The van der Waals surface area contributed by atoms with Crippen molar-refractivity contribution in [1.29, 1.82) is 0 Å². The van der Waals surface area contributed by atoms with Crippen molar-refractivity contribution in [1.82, 2.24) is 0 Å². The van der Waals surface area contributed by atoms with Crippen LogP contribution in [0.15, 0.2) is 29.4 Å². The summed E-state index contributed by atoms with van der Waals surface area (Å²) in [5.74, 6) is -0.771. The quantitative estimate of drug-likeness (QED) is 0.280. The Morgan fingerprint density at radius 2 is 1.58 bits per heavy atom. The minimum Gasteiger partial charge on any atom is -0.411 e. The van der Waals surface area contributed by atoms with Crippen LogP contribution < -0.4 is 0 Å². The Labute approximate surface area is 110 Å². The van der Waals surface area contributed by atoms with Crippen molar-refractivity contribution in [3.05, 3.63) is 35.4 Å². The fourth-order valence-corrected chi connectivity index (χ4v) is 1.56. The molecule has 0 heterocycles. The molecule has 0 atom stereocenters. The summed E-state index contributed by atoms with van der Waals surface area (Å²) in [6.07, 6.45) is -0.185. The number of rotatable bonds is 6. The van der Waals surface area contributed by atoms with Gasteiger partial charge in [-0.2, -0.15) is 0 Å². The van der Waals surface area contributed by atoms with Gasteiger partial charge in [-0.15, -0.1) is 0 Å². The molecule has 0 fully saturated rings. The molecule has 0 saturated heterocycles. The number of nitrogens with zero attached hydrogens (tertiary/aromatic N) is 1. The third-order valence-electron chi connectivity index (χ3n) is 2.50. The van der Waals surface area contributed by atoms with E-state index in [4.69, 9.17) is 5.21 Å². The van der Waals surface area contributed by atoms with Gasteiger partial charge in [0.2, 0.25) is 0 Å². The SMILES string of the molecule is CC(=O)CC(=O)c1cccc(C(=O)CC(C)=NO)c1. The van der Waals surface area contributed by atoms with E-state index < -0.39 is 0 Å². The average Bonchev–Trinajstić information content (AvgIpc) is 2.37. The van der Waals surface area contributed by atoms with Crippen molar-refractivity contribution >= 4 is 23.1 Å². The molecule has 0 saturated carbocycles. The highest BCUT2D eigenvalue weighted by Crippen LogP contribution is 2.11. The monoisotopic (exact) mass is 261 g/mol. The minimum absolute atomic E-state index is 0.0130. The van der Waals surface area contributed by atoms with Crippen LogP contribution in [0.4, 0.5) is 0 Å². The number of carbonyl (C=O) groups excluding carboxylic acids is 3. The average molecular weight is 261 g/mol. The summed E-state index contributed by atoms with van der Waals surface area (Å²) in [4.78, 5) is 34.5. The molecule has 5 heteroatoms. The summed E-state index contributed by atoms with van der Waals surface area (Å²) in [6, 6.07) is 6.19. The van der Waals surface area contributed by atoms with E-state index in [0.717, 1.165) is 0 Å². The molecule has 5 nitrogen and oxygen atoms in total. The van der Waals surface area contributed by atoms with Crippen molar-refractivity contribution in [2.24, 2.45) is 5.16 Å². The zero-order valence-electron chi connectivity index (χ0n) is 10.8. The van der Waals surface area contributed by atoms with Crippen LogP contribution in [-0.4, -0.2) is 28.3 Å². The molecule has 0 spiro atoms. The first-order valence-corrected chi connectivity index (χ1v) is 5.77. The standard InChI is InChI=1S/C14H15NO4/c1-9(15-19)6-13(17)11-4-3-5-12(8-11)14(18)7-10(2)16/h3-5,8,19H,6-7H2,1-2H3. The summed E-state index contributed by atoms with van der Waals surface area (Å²) >= 11 is 0. The summed E-state index contributed by atoms with van der Waals surface area (Å²) in [5.41, 5.74) is 0.988. The van der Waals surface area contributed by atoms with E-state index >= 15 is 0 Å². The Kier molecular flexibility index (Phi) is 5.11. The van der Waals surface area contributed by atoms with Crippen LogP contribution in [0.2, 0.25) is 0 Å². The maximum atomic E-state index is 11.8. The van der Waals surface area contributed by atoms with Crippen LogP contribution in [0.1, 0.15) is 47.4 Å². The molecule has 0 radical (unpaired) electrons. The first-order valence-electron chi connectivity index (χ1n) is 5.77. The first-order chi connectivity index (χ1) is 8.93. The van der Waals surface area contributed by atoms with Gasteiger partial charge in [0, 0.05) is 11.1 Å². The van der Waals surface area contributed by atoms with Gasteiger partial charge in [0.25, 0.3) is 0 Å². The Morgan fingerprint density at radius 1 is 1.05 bits per heavy atom. The van der Waals surface area contributed by atoms with Crippen molar-refractivity contribution in [2.45, 2.75) is 26.7 Å². The summed E-state index contributed by atoms with van der Waals surface area (Å²) in [5, 5.41) is 11.5. The molecule has 100 valence electrons. The van der Waals surface area contributed by atoms with Crippen molar-refractivity contribution in [3.63, 3.8) is 0 Å². The van der Waals surface area contributed by atoms with Crippen LogP contribution in [-0.2, 0) is 4.79 Å². The van der Waals surface area contributed by atoms with E-state index in [9.17, 15) is 14.4 Å². The second-order valence-corrected chi connectivity index (χ2v) is 4.32. The van der Waals surface area contributed by atoms with Crippen molar-refractivity contribution < 1.29 is 19.6 Å². The molecule has 0 amide bonds. The molecule has 0 aliphatic heterocycles. The van der Waals surface area contributed by atoms with E-state index in [0.29, 0.717) is 16.8 Å². The maximum absolute atomic E-state index is 11.8. The molecule has 0 unspecified atom stereocenters. The molecule has 0 bridgehead atoms. The lowest BCUT2D eigenvalue weighted by molar-refractivity contribution is -0.116. The predicted molar refractivity (Wildman–Crippen MR) is 69.9 cm³/mol. The van der Waals surface area contributed by atoms with Crippen LogP contribution in [0.5, 0.6) is 0 Å². The zero-order valence-corrected chi connectivity index (χ0v) is 10.8. The van der Waals surface area contributed by atoms with Gasteiger partial charge in [0.1, 0.15) is 5.78 Å². The van der Waals surface area contributed by atoms with E-state index in [2.05, 4.69) is 5.16 Å². The Bertz CT molecular complexity index is 546.